The molecule has 1 atom stereocenters. The average molecular weight is 514 g/mol. The average Bonchev–Trinajstić information content (AvgIpc) is 3.11. The van der Waals surface area contributed by atoms with Crippen molar-refractivity contribution in [1.82, 2.24) is 9.78 Å². The van der Waals surface area contributed by atoms with Crippen LogP contribution in [0, 0.1) is 5.82 Å². The highest BCUT2D eigenvalue weighted by Gasteiger charge is 2.20. The molecule has 0 amide bonds. The predicted molar refractivity (Wildman–Crippen MR) is 136 cm³/mol. The maximum Gasteiger partial charge on any atom is 0.153 e. The quantitative estimate of drug-likeness (QED) is 0.348. The van der Waals surface area contributed by atoms with E-state index in [1.165, 1.54) is 12.1 Å². The van der Waals surface area contributed by atoms with Crippen LogP contribution in [0.2, 0.25) is 0 Å². The molecule has 0 aliphatic carbocycles. The fourth-order valence-electron chi connectivity index (χ4n) is 3.62. The van der Waals surface area contributed by atoms with Crippen LogP contribution in [0.3, 0.4) is 0 Å². The minimum atomic E-state index is -0.869. The number of aliphatic hydroxyl groups is 1. The smallest absolute Gasteiger partial charge is 0.153 e. The van der Waals surface area contributed by atoms with Crippen molar-refractivity contribution in [3.8, 4) is 0 Å². The third kappa shape index (κ3) is 5.89. The van der Waals surface area contributed by atoms with Crippen molar-refractivity contribution < 1.29 is 9.50 Å². The second-order valence-corrected chi connectivity index (χ2v) is 8.43. The lowest BCUT2D eigenvalue weighted by Crippen LogP contribution is -2.10. The second-order valence-electron chi connectivity index (χ2n) is 7.68. The third-order valence-corrected chi connectivity index (χ3v) is 6.22. The van der Waals surface area contributed by atoms with Crippen molar-refractivity contribution in [2.45, 2.75) is 39.5 Å². The van der Waals surface area contributed by atoms with Crippen LogP contribution < -0.4 is 11.1 Å². The summed E-state index contributed by atoms with van der Waals surface area (Å²) in [7, 11) is 1.67. The monoisotopic (exact) mass is 513 g/mol. The molecule has 3 rings (SSSR count). The molecule has 0 saturated carbocycles. The van der Waals surface area contributed by atoms with E-state index in [0.29, 0.717) is 36.3 Å². The molecule has 0 bridgehead atoms. The Kier molecular flexibility index (Phi) is 8.41. The molecule has 0 aliphatic heterocycles. The number of benzene rings is 2. The van der Waals surface area contributed by atoms with Gasteiger partial charge in [0, 0.05) is 49.6 Å². The number of aromatic nitrogens is 2. The summed E-state index contributed by atoms with van der Waals surface area (Å²) >= 11 is 3.68. The molecule has 0 unspecified atom stereocenters. The number of nitrogens with zero attached hydrogens (tertiary/aromatic N) is 3. The zero-order valence-corrected chi connectivity index (χ0v) is 20.6. The minimum Gasteiger partial charge on any atom is -0.398 e. The van der Waals surface area contributed by atoms with Crippen LogP contribution in [0.1, 0.15) is 42.2 Å². The number of aliphatic imine (C=N–C) groups is 1. The van der Waals surface area contributed by atoms with Crippen LogP contribution in [0.5, 0.6) is 0 Å². The van der Waals surface area contributed by atoms with E-state index in [2.05, 4.69) is 38.4 Å². The van der Waals surface area contributed by atoms with Gasteiger partial charge in [0.05, 0.1) is 6.10 Å². The Balaban J connectivity index is 2.02. The van der Waals surface area contributed by atoms with Crippen LogP contribution in [0.25, 0.3) is 5.70 Å². The number of aliphatic hydroxyl groups excluding tert-OH is 1. The van der Waals surface area contributed by atoms with E-state index in [9.17, 15) is 9.50 Å². The zero-order valence-electron chi connectivity index (χ0n) is 19.0. The number of nitrogens with one attached hydrogen (secondary N) is 1. The highest BCUT2D eigenvalue weighted by molar-refractivity contribution is 9.10. The van der Waals surface area contributed by atoms with Crippen molar-refractivity contribution in [1.29, 1.82) is 0 Å². The van der Waals surface area contributed by atoms with Crippen LogP contribution in [-0.2, 0) is 19.5 Å². The Hall–Kier alpha value is -2.97. The topological polar surface area (TPSA) is 88.5 Å². The standard InChI is InChI=1S/C25H29BrFN5O/c1-4-32-24(26)22(25(31-32)30-14-17-8-6-5-7-9-17)12-18(15-29-3)23(28)20-11-10-19(27)13-21(20)16(2)33/h5-11,13,15-16,33H,4,12,14,28H2,1-3H3,(H,30,31)/t16-/m1/s1. The zero-order chi connectivity index (χ0) is 24.0. The van der Waals surface area contributed by atoms with Crippen LogP contribution in [0.15, 0.2) is 63.7 Å². The van der Waals surface area contributed by atoms with E-state index in [-0.39, 0.29) is 0 Å². The van der Waals surface area contributed by atoms with Gasteiger partial charge in [-0.25, -0.2) is 4.39 Å². The van der Waals surface area contributed by atoms with Gasteiger partial charge in [0.2, 0.25) is 0 Å². The molecule has 33 heavy (non-hydrogen) atoms. The summed E-state index contributed by atoms with van der Waals surface area (Å²) in [6.07, 6.45) is 1.27. The number of hydrogen-bond donors (Lipinski definition) is 3. The summed E-state index contributed by atoms with van der Waals surface area (Å²) in [6, 6.07) is 14.3. The molecule has 3 aromatic rings. The molecule has 8 heteroatoms. The van der Waals surface area contributed by atoms with Gasteiger partial charge >= 0.3 is 0 Å². The van der Waals surface area contributed by atoms with Gasteiger partial charge in [0.25, 0.3) is 0 Å². The summed E-state index contributed by atoms with van der Waals surface area (Å²) in [5.41, 5.74) is 10.8. The number of hydrogen-bond acceptors (Lipinski definition) is 5. The first-order chi connectivity index (χ1) is 15.8. The Morgan fingerprint density at radius 3 is 2.67 bits per heavy atom. The molecule has 0 radical (unpaired) electrons. The largest absolute Gasteiger partial charge is 0.398 e. The van der Waals surface area contributed by atoms with Crippen LogP contribution in [0.4, 0.5) is 10.2 Å². The molecule has 1 heterocycles. The number of rotatable bonds is 9. The highest BCUT2D eigenvalue weighted by Crippen LogP contribution is 2.31. The van der Waals surface area contributed by atoms with Crippen LogP contribution >= 0.6 is 15.9 Å². The van der Waals surface area contributed by atoms with Gasteiger partial charge in [0.1, 0.15) is 10.4 Å². The molecule has 0 fully saturated rings. The molecule has 1 aromatic heterocycles. The van der Waals surface area contributed by atoms with E-state index in [1.54, 1.807) is 26.3 Å². The Bertz CT molecular complexity index is 1160. The summed E-state index contributed by atoms with van der Waals surface area (Å²) in [6.45, 7) is 4.93. The lowest BCUT2D eigenvalue weighted by Gasteiger charge is -2.16. The van der Waals surface area contributed by atoms with Gasteiger partial charge in [-0.1, -0.05) is 30.3 Å². The Morgan fingerprint density at radius 2 is 2.03 bits per heavy atom. The van der Waals surface area contributed by atoms with E-state index < -0.39 is 11.9 Å². The molecule has 6 nitrogen and oxygen atoms in total. The Labute approximate surface area is 202 Å². The van der Waals surface area contributed by atoms with E-state index in [4.69, 9.17) is 10.8 Å². The first-order valence-corrected chi connectivity index (χ1v) is 11.6. The molecule has 174 valence electrons. The predicted octanol–water partition coefficient (Wildman–Crippen LogP) is 5.08. The molecule has 0 aliphatic rings. The van der Waals surface area contributed by atoms with Gasteiger partial charge in [0.15, 0.2) is 5.82 Å². The first kappa shape index (κ1) is 24.7. The van der Waals surface area contributed by atoms with Crippen molar-refractivity contribution >= 4 is 33.7 Å². The number of anilines is 1. The Morgan fingerprint density at radius 1 is 1.30 bits per heavy atom. The fourth-order valence-corrected chi connectivity index (χ4v) is 4.28. The summed E-state index contributed by atoms with van der Waals surface area (Å²) in [4.78, 5) is 4.19. The van der Waals surface area contributed by atoms with E-state index in [1.807, 2.05) is 29.8 Å². The molecule has 0 spiro atoms. The lowest BCUT2D eigenvalue weighted by molar-refractivity contribution is 0.198. The van der Waals surface area contributed by atoms with Crippen molar-refractivity contribution in [2.24, 2.45) is 10.7 Å². The van der Waals surface area contributed by atoms with Crippen molar-refractivity contribution in [3.63, 3.8) is 0 Å². The normalized spacial score (nSPS) is 13.3. The molecular formula is C25H29BrFN5O. The summed E-state index contributed by atoms with van der Waals surface area (Å²) in [5.74, 6) is 0.324. The van der Waals surface area contributed by atoms with Gasteiger partial charge < -0.3 is 16.2 Å². The lowest BCUT2D eigenvalue weighted by atomic mass is 9.96. The van der Waals surface area contributed by atoms with Gasteiger partial charge in [-0.15, -0.1) is 0 Å². The van der Waals surface area contributed by atoms with Gasteiger partial charge in [-0.3, -0.25) is 9.67 Å². The summed E-state index contributed by atoms with van der Waals surface area (Å²) < 4.78 is 16.5. The number of aryl methyl sites for hydroxylation is 1. The van der Waals surface area contributed by atoms with E-state index >= 15 is 0 Å². The maximum absolute atomic E-state index is 13.8. The fraction of sp³-hybridized carbons (Fsp3) is 0.280. The number of allylic oxidation sites excluding steroid dienone is 1. The molecular weight excluding hydrogens is 485 g/mol. The first-order valence-electron chi connectivity index (χ1n) is 10.8. The SMILES string of the molecule is CCn1nc(NCc2ccccc2)c(CC(C=NC)=C(N)c2ccc(F)cc2[C@@H](C)O)c1Br. The number of halogens is 2. The summed E-state index contributed by atoms with van der Waals surface area (Å²) in [5, 5.41) is 18.3. The molecule has 4 N–H and O–H groups in total. The molecule has 2 aromatic carbocycles. The van der Waals surface area contributed by atoms with Crippen molar-refractivity contribution in [2.75, 3.05) is 12.4 Å². The number of nitrogens with two attached hydrogens (primary N) is 1. The third-order valence-electron chi connectivity index (χ3n) is 5.34. The van der Waals surface area contributed by atoms with Gasteiger partial charge in [-0.05, 0) is 64.7 Å². The molecule has 0 saturated heterocycles. The van der Waals surface area contributed by atoms with Crippen molar-refractivity contribution in [3.05, 3.63) is 86.8 Å². The van der Waals surface area contributed by atoms with E-state index in [0.717, 1.165) is 27.1 Å². The maximum atomic E-state index is 13.8. The minimum absolute atomic E-state index is 0.424. The van der Waals surface area contributed by atoms with Crippen LogP contribution in [-0.4, -0.2) is 28.1 Å². The highest BCUT2D eigenvalue weighted by atomic mass is 79.9. The van der Waals surface area contributed by atoms with Gasteiger partial charge in [-0.2, -0.15) is 5.10 Å². The second kappa shape index (κ2) is 11.2.